The van der Waals surface area contributed by atoms with Crippen LogP contribution in [0, 0.1) is 0 Å². The van der Waals surface area contributed by atoms with Gasteiger partial charge in [-0.1, -0.05) is 30.3 Å². The van der Waals surface area contributed by atoms with E-state index in [2.05, 4.69) is 0 Å². The lowest BCUT2D eigenvalue weighted by atomic mass is 10.1. The Morgan fingerprint density at radius 1 is 1.26 bits per heavy atom. The maximum atomic E-state index is 12.5. The van der Waals surface area contributed by atoms with Gasteiger partial charge in [0.25, 0.3) is 0 Å². The van der Waals surface area contributed by atoms with E-state index in [0.717, 1.165) is 5.56 Å². The third kappa shape index (κ3) is 3.06. The summed E-state index contributed by atoms with van der Waals surface area (Å²) in [5, 5.41) is 9.72. The van der Waals surface area contributed by atoms with Crippen molar-refractivity contribution in [3.05, 3.63) is 35.9 Å². The summed E-state index contributed by atoms with van der Waals surface area (Å²) in [5.41, 5.74) is 0.919. The molecular weight excluding hydrogens is 298 g/mol. The molecule has 0 bridgehead atoms. The van der Waals surface area contributed by atoms with Crippen LogP contribution in [-0.4, -0.2) is 52.8 Å². The molecule has 0 aliphatic carbocycles. The van der Waals surface area contributed by atoms with E-state index in [4.69, 9.17) is 14.2 Å². The first kappa shape index (κ1) is 16.2. The Bertz CT molecular complexity index is 561. The highest BCUT2D eigenvalue weighted by Gasteiger charge is 2.57. The van der Waals surface area contributed by atoms with Gasteiger partial charge in [0.1, 0.15) is 18.8 Å². The monoisotopic (exact) mass is 321 g/mol. The highest BCUT2D eigenvalue weighted by Crippen LogP contribution is 2.40. The number of amides is 1. The van der Waals surface area contributed by atoms with E-state index in [-0.39, 0.29) is 31.5 Å². The van der Waals surface area contributed by atoms with Crippen molar-refractivity contribution in [2.24, 2.45) is 0 Å². The summed E-state index contributed by atoms with van der Waals surface area (Å²) in [6.07, 6.45) is -1.06. The fraction of sp³-hybridized carbons (Fsp3) is 0.588. The normalized spacial score (nSPS) is 31.9. The number of fused-ring (bicyclic) bond motifs is 1. The molecule has 3 rings (SSSR count). The Morgan fingerprint density at radius 3 is 2.57 bits per heavy atom. The van der Waals surface area contributed by atoms with Gasteiger partial charge in [-0.3, -0.25) is 4.90 Å². The van der Waals surface area contributed by atoms with Crippen molar-refractivity contribution in [1.82, 2.24) is 4.90 Å². The molecule has 2 heterocycles. The molecular formula is C17H23NO5. The first-order valence-electron chi connectivity index (χ1n) is 7.88. The summed E-state index contributed by atoms with van der Waals surface area (Å²) in [5.74, 6) is -0.697. The van der Waals surface area contributed by atoms with Crippen molar-refractivity contribution in [3.63, 3.8) is 0 Å². The van der Waals surface area contributed by atoms with Crippen LogP contribution in [0.4, 0.5) is 4.79 Å². The second-order valence-corrected chi connectivity index (χ2v) is 6.50. The van der Waals surface area contributed by atoms with E-state index in [1.54, 1.807) is 0 Å². The first-order valence-corrected chi connectivity index (χ1v) is 7.88. The first-order chi connectivity index (χ1) is 10.9. The highest BCUT2D eigenvalue weighted by atomic mass is 16.8. The van der Waals surface area contributed by atoms with Gasteiger partial charge in [-0.2, -0.15) is 0 Å². The largest absolute Gasteiger partial charge is 0.445 e. The standard InChI is InChI=1S/C17H23NO5/c1-11-14-15(23-17(2,3)22-14)13(9-19)18(11)16(20)21-10-12-7-5-4-6-8-12/h4-8,11,13-15,19H,9-10H2,1-3H3/t11-,13+,14-,15+/m1/s1. The summed E-state index contributed by atoms with van der Waals surface area (Å²) >= 11 is 0. The van der Waals surface area contributed by atoms with Crippen LogP contribution in [0.5, 0.6) is 0 Å². The molecule has 1 N–H and O–H groups in total. The van der Waals surface area contributed by atoms with E-state index >= 15 is 0 Å². The maximum absolute atomic E-state index is 12.5. The number of nitrogens with zero attached hydrogens (tertiary/aromatic N) is 1. The summed E-state index contributed by atoms with van der Waals surface area (Å²) in [6, 6.07) is 8.81. The summed E-state index contributed by atoms with van der Waals surface area (Å²) in [4.78, 5) is 14.0. The molecule has 2 saturated heterocycles. The third-order valence-electron chi connectivity index (χ3n) is 4.42. The van der Waals surface area contributed by atoms with Gasteiger partial charge in [0.05, 0.1) is 18.7 Å². The number of carbonyl (C=O) groups excluding carboxylic acids is 1. The van der Waals surface area contributed by atoms with Gasteiger partial charge in [0.2, 0.25) is 0 Å². The molecule has 2 fully saturated rings. The minimum atomic E-state index is -0.697. The predicted molar refractivity (Wildman–Crippen MR) is 82.6 cm³/mol. The van der Waals surface area contributed by atoms with Gasteiger partial charge in [0.15, 0.2) is 5.79 Å². The fourth-order valence-electron chi connectivity index (χ4n) is 3.39. The van der Waals surface area contributed by atoms with Gasteiger partial charge in [0, 0.05) is 0 Å². The molecule has 6 heteroatoms. The van der Waals surface area contributed by atoms with E-state index in [1.807, 2.05) is 51.1 Å². The molecule has 2 aliphatic rings. The fourth-order valence-corrected chi connectivity index (χ4v) is 3.39. The molecule has 1 aromatic rings. The van der Waals surface area contributed by atoms with Gasteiger partial charge in [-0.05, 0) is 26.3 Å². The Balaban J connectivity index is 1.68. The van der Waals surface area contributed by atoms with Crippen LogP contribution in [0.3, 0.4) is 0 Å². The topological polar surface area (TPSA) is 68.2 Å². The van der Waals surface area contributed by atoms with Gasteiger partial charge in [-0.25, -0.2) is 4.79 Å². The second kappa shape index (κ2) is 6.11. The van der Waals surface area contributed by atoms with Crippen LogP contribution >= 0.6 is 0 Å². The average Bonchev–Trinajstić information content (AvgIpc) is 2.97. The van der Waals surface area contributed by atoms with E-state index in [9.17, 15) is 9.90 Å². The molecule has 0 spiro atoms. The Labute approximate surface area is 135 Å². The number of hydrogen-bond acceptors (Lipinski definition) is 5. The Hall–Kier alpha value is -1.63. The van der Waals surface area contributed by atoms with Crippen molar-refractivity contribution in [3.8, 4) is 0 Å². The maximum Gasteiger partial charge on any atom is 0.410 e. The number of rotatable bonds is 3. The summed E-state index contributed by atoms with van der Waals surface area (Å²) in [6.45, 7) is 5.58. The molecule has 2 aliphatic heterocycles. The minimum Gasteiger partial charge on any atom is -0.445 e. The van der Waals surface area contributed by atoms with Crippen molar-refractivity contribution in [2.45, 2.75) is 57.5 Å². The summed E-state index contributed by atoms with van der Waals surface area (Å²) < 4.78 is 17.1. The average molecular weight is 321 g/mol. The molecule has 0 saturated carbocycles. The molecule has 0 radical (unpaired) electrons. The Morgan fingerprint density at radius 2 is 1.91 bits per heavy atom. The van der Waals surface area contributed by atoms with Crippen LogP contribution in [0.25, 0.3) is 0 Å². The molecule has 0 aromatic heterocycles. The number of carbonyl (C=O) groups is 1. The second-order valence-electron chi connectivity index (χ2n) is 6.50. The zero-order valence-corrected chi connectivity index (χ0v) is 13.6. The molecule has 1 amide bonds. The molecule has 126 valence electrons. The van der Waals surface area contributed by atoms with E-state index < -0.39 is 17.9 Å². The zero-order valence-electron chi connectivity index (χ0n) is 13.6. The van der Waals surface area contributed by atoms with Gasteiger partial charge in [-0.15, -0.1) is 0 Å². The molecule has 23 heavy (non-hydrogen) atoms. The van der Waals surface area contributed by atoms with Gasteiger partial charge < -0.3 is 19.3 Å². The number of ether oxygens (including phenoxy) is 3. The SMILES string of the molecule is C[C@@H]1[C@H]2OC(C)(C)O[C@H]2[C@H](CO)N1C(=O)OCc1ccccc1. The van der Waals surface area contributed by atoms with Crippen LogP contribution in [0.1, 0.15) is 26.3 Å². The quantitative estimate of drug-likeness (QED) is 0.921. The molecule has 6 nitrogen and oxygen atoms in total. The van der Waals surface area contributed by atoms with Crippen molar-refractivity contribution < 1.29 is 24.1 Å². The lowest BCUT2D eigenvalue weighted by Gasteiger charge is -2.31. The lowest BCUT2D eigenvalue weighted by Crippen LogP contribution is -2.47. The summed E-state index contributed by atoms with van der Waals surface area (Å²) in [7, 11) is 0. The van der Waals surface area contributed by atoms with Crippen LogP contribution in [0.15, 0.2) is 30.3 Å². The number of likely N-dealkylation sites (tertiary alicyclic amines) is 1. The van der Waals surface area contributed by atoms with Crippen LogP contribution < -0.4 is 0 Å². The number of aliphatic hydroxyl groups is 1. The third-order valence-corrected chi connectivity index (χ3v) is 4.42. The van der Waals surface area contributed by atoms with Crippen molar-refractivity contribution >= 4 is 6.09 Å². The van der Waals surface area contributed by atoms with Crippen LogP contribution in [-0.2, 0) is 20.8 Å². The van der Waals surface area contributed by atoms with E-state index in [0.29, 0.717) is 0 Å². The molecule has 4 atom stereocenters. The number of hydrogen-bond donors (Lipinski definition) is 1. The predicted octanol–water partition coefficient (Wildman–Crippen LogP) is 1.91. The lowest BCUT2D eigenvalue weighted by molar-refractivity contribution is -0.166. The van der Waals surface area contributed by atoms with Crippen LogP contribution in [0.2, 0.25) is 0 Å². The van der Waals surface area contributed by atoms with Crippen molar-refractivity contribution in [1.29, 1.82) is 0 Å². The van der Waals surface area contributed by atoms with E-state index in [1.165, 1.54) is 4.90 Å². The molecule has 0 unspecified atom stereocenters. The van der Waals surface area contributed by atoms with Gasteiger partial charge >= 0.3 is 6.09 Å². The number of aliphatic hydroxyl groups excluding tert-OH is 1. The zero-order chi connectivity index (χ0) is 16.6. The Kier molecular flexibility index (Phi) is 4.31. The van der Waals surface area contributed by atoms with Crippen molar-refractivity contribution in [2.75, 3.05) is 6.61 Å². The smallest absolute Gasteiger partial charge is 0.410 e. The highest BCUT2D eigenvalue weighted by molar-refractivity contribution is 5.69. The molecule has 1 aromatic carbocycles. The minimum absolute atomic E-state index is 0.189. The number of benzene rings is 1.